The van der Waals surface area contributed by atoms with Crippen LogP contribution < -0.4 is 10.1 Å². The van der Waals surface area contributed by atoms with E-state index in [2.05, 4.69) is 53.2 Å². The fraction of sp³-hybridized carbons (Fsp3) is 0.125. The normalized spacial score (nSPS) is 11.2. The van der Waals surface area contributed by atoms with Gasteiger partial charge in [-0.05, 0) is 42.3 Å². The molecule has 4 nitrogen and oxygen atoms in total. The van der Waals surface area contributed by atoms with E-state index in [1.54, 1.807) is 7.11 Å². The molecule has 4 heteroatoms. The molecule has 4 rings (SSSR count). The molecule has 0 saturated carbocycles. The Hall–Kier alpha value is -3.53. The van der Waals surface area contributed by atoms with Crippen molar-refractivity contribution in [3.8, 4) is 5.75 Å². The van der Waals surface area contributed by atoms with Crippen molar-refractivity contribution in [3.05, 3.63) is 95.3 Å². The van der Waals surface area contributed by atoms with E-state index in [0.29, 0.717) is 0 Å². The van der Waals surface area contributed by atoms with E-state index in [9.17, 15) is 0 Å². The van der Waals surface area contributed by atoms with Gasteiger partial charge in [0.05, 0.1) is 7.11 Å². The number of para-hydroxylation sites is 1. The van der Waals surface area contributed by atoms with E-state index in [-0.39, 0.29) is 0 Å². The van der Waals surface area contributed by atoms with Gasteiger partial charge in [0.15, 0.2) is 0 Å². The molecule has 0 unspecified atom stereocenters. The molecule has 0 spiro atoms. The average molecular weight is 369 g/mol. The molecule has 0 aliphatic rings. The Balaban J connectivity index is 1.71. The highest BCUT2D eigenvalue weighted by molar-refractivity contribution is 5.77. The van der Waals surface area contributed by atoms with Crippen molar-refractivity contribution in [1.29, 1.82) is 0 Å². The third-order valence-corrected chi connectivity index (χ3v) is 4.66. The molecule has 0 saturated heterocycles. The van der Waals surface area contributed by atoms with Crippen molar-refractivity contribution >= 4 is 23.6 Å². The standard InChI is InChI=1S/C24H23N3O/c1-18-12-15-23-26-21(14-13-20-10-6-7-11-22(20)28-2)24(27(23)17-18)25-16-19-8-4-3-5-9-19/h3-15,17,25H,16H2,1-2H3/b14-13+. The number of ether oxygens (including phenoxy) is 1. The van der Waals surface area contributed by atoms with Crippen LogP contribution in [-0.2, 0) is 6.54 Å². The predicted octanol–water partition coefficient (Wildman–Crippen LogP) is 5.43. The Bertz CT molecular complexity index is 1110. The third-order valence-electron chi connectivity index (χ3n) is 4.66. The molecular formula is C24H23N3O. The summed E-state index contributed by atoms with van der Waals surface area (Å²) >= 11 is 0. The molecule has 1 N–H and O–H groups in total. The second kappa shape index (κ2) is 8.01. The Labute approximate surface area is 165 Å². The van der Waals surface area contributed by atoms with Gasteiger partial charge in [-0.1, -0.05) is 54.6 Å². The number of nitrogens with one attached hydrogen (secondary N) is 1. The number of pyridine rings is 1. The first-order valence-electron chi connectivity index (χ1n) is 9.32. The molecule has 0 radical (unpaired) electrons. The number of benzene rings is 2. The zero-order valence-electron chi connectivity index (χ0n) is 16.1. The average Bonchev–Trinajstić information content (AvgIpc) is 3.08. The monoisotopic (exact) mass is 369 g/mol. The van der Waals surface area contributed by atoms with Gasteiger partial charge >= 0.3 is 0 Å². The molecule has 0 aliphatic heterocycles. The summed E-state index contributed by atoms with van der Waals surface area (Å²) in [5.74, 6) is 1.82. The maximum atomic E-state index is 5.45. The summed E-state index contributed by atoms with van der Waals surface area (Å²) in [5.41, 5.74) is 5.25. The number of anilines is 1. The summed E-state index contributed by atoms with van der Waals surface area (Å²) in [6, 6.07) is 22.5. The van der Waals surface area contributed by atoms with Crippen LogP contribution >= 0.6 is 0 Å². The fourth-order valence-corrected chi connectivity index (χ4v) is 3.22. The molecule has 140 valence electrons. The molecule has 2 aromatic carbocycles. The van der Waals surface area contributed by atoms with E-state index in [1.807, 2.05) is 48.6 Å². The second-order valence-electron chi connectivity index (χ2n) is 6.69. The van der Waals surface area contributed by atoms with Crippen LogP contribution in [0.25, 0.3) is 17.8 Å². The number of imidazole rings is 1. The van der Waals surface area contributed by atoms with Crippen molar-refractivity contribution < 1.29 is 4.74 Å². The van der Waals surface area contributed by atoms with Gasteiger partial charge in [-0.15, -0.1) is 0 Å². The summed E-state index contributed by atoms with van der Waals surface area (Å²) in [6.45, 7) is 2.82. The van der Waals surface area contributed by atoms with Gasteiger partial charge in [0.1, 0.15) is 22.9 Å². The van der Waals surface area contributed by atoms with Gasteiger partial charge in [0.25, 0.3) is 0 Å². The van der Waals surface area contributed by atoms with E-state index in [0.717, 1.165) is 35.0 Å². The Morgan fingerprint density at radius 3 is 2.57 bits per heavy atom. The summed E-state index contributed by atoms with van der Waals surface area (Å²) in [4.78, 5) is 4.81. The van der Waals surface area contributed by atoms with E-state index >= 15 is 0 Å². The number of hydrogen-bond acceptors (Lipinski definition) is 3. The first-order chi connectivity index (χ1) is 13.7. The molecule has 2 heterocycles. The highest BCUT2D eigenvalue weighted by Crippen LogP contribution is 2.24. The number of hydrogen-bond donors (Lipinski definition) is 1. The molecule has 0 fully saturated rings. The van der Waals surface area contributed by atoms with Crippen LogP contribution in [0.1, 0.15) is 22.4 Å². The summed E-state index contributed by atoms with van der Waals surface area (Å²) in [6.07, 6.45) is 6.19. The van der Waals surface area contributed by atoms with Gasteiger partial charge in [-0.2, -0.15) is 0 Å². The van der Waals surface area contributed by atoms with Gasteiger partial charge in [-0.25, -0.2) is 4.98 Å². The number of nitrogens with zero attached hydrogens (tertiary/aromatic N) is 2. The van der Waals surface area contributed by atoms with Crippen molar-refractivity contribution in [3.63, 3.8) is 0 Å². The summed E-state index contributed by atoms with van der Waals surface area (Å²) < 4.78 is 7.56. The first kappa shape index (κ1) is 17.9. The van der Waals surface area contributed by atoms with Crippen LogP contribution in [-0.4, -0.2) is 16.5 Å². The van der Waals surface area contributed by atoms with E-state index in [1.165, 1.54) is 11.1 Å². The third kappa shape index (κ3) is 3.76. The molecule has 0 bridgehead atoms. The quantitative estimate of drug-likeness (QED) is 0.492. The number of fused-ring (bicyclic) bond motifs is 1. The fourth-order valence-electron chi connectivity index (χ4n) is 3.22. The van der Waals surface area contributed by atoms with Crippen LogP contribution in [0.5, 0.6) is 5.75 Å². The Morgan fingerprint density at radius 2 is 1.75 bits per heavy atom. The van der Waals surface area contributed by atoms with Crippen LogP contribution in [0.2, 0.25) is 0 Å². The van der Waals surface area contributed by atoms with Crippen LogP contribution in [0, 0.1) is 6.92 Å². The highest BCUT2D eigenvalue weighted by Gasteiger charge is 2.10. The molecule has 28 heavy (non-hydrogen) atoms. The maximum absolute atomic E-state index is 5.45. The largest absolute Gasteiger partial charge is 0.496 e. The molecule has 0 aliphatic carbocycles. The Morgan fingerprint density at radius 1 is 0.964 bits per heavy atom. The van der Waals surface area contributed by atoms with Crippen molar-refractivity contribution in [2.45, 2.75) is 13.5 Å². The van der Waals surface area contributed by atoms with E-state index in [4.69, 9.17) is 9.72 Å². The van der Waals surface area contributed by atoms with Crippen molar-refractivity contribution in [2.75, 3.05) is 12.4 Å². The highest BCUT2D eigenvalue weighted by atomic mass is 16.5. The van der Waals surface area contributed by atoms with Crippen molar-refractivity contribution in [1.82, 2.24) is 9.38 Å². The molecule has 4 aromatic rings. The molecular weight excluding hydrogens is 346 g/mol. The SMILES string of the molecule is COc1ccccc1/C=C/c1nc2ccc(C)cn2c1NCc1ccccc1. The molecule has 0 atom stereocenters. The first-order valence-corrected chi connectivity index (χ1v) is 9.32. The minimum absolute atomic E-state index is 0.734. The zero-order valence-corrected chi connectivity index (χ0v) is 16.1. The number of methoxy groups -OCH3 is 1. The van der Waals surface area contributed by atoms with Crippen LogP contribution in [0.4, 0.5) is 5.82 Å². The molecule has 2 aromatic heterocycles. The van der Waals surface area contributed by atoms with E-state index < -0.39 is 0 Å². The van der Waals surface area contributed by atoms with Crippen LogP contribution in [0.3, 0.4) is 0 Å². The lowest BCUT2D eigenvalue weighted by Crippen LogP contribution is -2.03. The number of aryl methyl sites for hydroxylation is 1. The Kier molecular flexibility index (Phi) is 5.11. The topological polar surface area (TPSA) is 38.6 Å². The minimum Gasteiger partial charge on any atom is -0.496 e. The smallest absolute Gasteiger partial charge is 0.139 e. The number of aromatic nitrogens is 2. The lowest BCUT2D eigenvalue weighted by atomic mass is 10.1. The lowest BCUT2D eigenvalue weighted by molar-refractivity contribution is 0.414. The van der Waals surface area contributed by atoms with Crippen molar-refractivity contribution in [2.24, 2.45) is 0 Å². The van der Waals surface area contributed by atoms with Gasteiger partial charge in [0.2, 0.25) is 0 Å². The lowest BCUT2D eigenvalue weighted by Gasteiger charge is -2.08. The van der Waals surface area contributed by atoms with Crippen LogP contribution in [0.15, 0.2) is 72.9 Å². The predicted molar refractivity (Wildman–Crippen MR) is 116 cm³/mol. The summed E-state index contributed by atoms with van der Waals surface area (Å²) in [5, 5.41) is 3.56. The van der Waals surface area contributed by atoms with Gasteiger partial charge in [0, 0.05) is 18.3 Å². The minimum atomic E-state index is 0.734. The second-order valence-corrected chi connectivity index (χ2v) is 6.69. The number of rotatable bonds is 6. The van der Waals surface area contributed by atoms with Gasteiger partial charge < -0.3 is 10.1 Å². The zero-order chi connectivity index (χ0) is 19.3. The molecule has 0 amide bonds. The summed E-state index contributed by atoms with van der Waals surface area (Å²) in [7, 11) is 1.69. The maximum Gasteiger partial charge on any atom is 0.139 e. The van der Waals surface area contributed by atoms with Gasteiger partial charge in [-0.3, -0.25) is 4.40 Å².